The molecule has 3 nitrogen and oxygen atoms in total. The molecular weight excluding hydrogens is 186 g/mol. The number of fused-ring (bicyclic) bond motifs is 1. The van der Waals surface area contributed by atoms with Gasteiger partial charge in [0.25, 0.3) is 0 Å². The summed E-state index contributed by atoms with van der Waals surface area (Å²) >= 11 is 0. The molecule has 0 atom stereocenters. The van der Waals surface area contributed by atoms with Crippen LogP contribution in [-0.2, 0) is 6.67 Å². The highest BCUT2D eigenvalue weighted by molar-refractivity contribution is 5.75. The fourth-order valence-electron chi connectivity index (χ4n) is 1.47. The Bertz CT molecular complexity index is 418. The monoisotopic (exact) mass is 205 g/mol. The number of nitrogens with one attached hydrogen (secondary N) is 1. The second kappa shape index (κ2) is 5.51. The Hall–Kier alpha value is -1.35. The molecule has 0 aliphatic rings. The molecule has 0 bridgehead atoms. The Labute approximate surface area is 91.1 Å². The minimum Gasteiger partial charge on any atom is -0.317 e. The van der Waals surface area contributed by atoms with Gasteiger partial charge in [0.05, 0.1) is 24.0 Å². The molecular formula is C12H19N3. The van der Waals surface area contributed by atoms with Crippen LogP contribution >= 0.6 is 0 Å². The van der Waals surface area contributed by atoms with Gasteiger partial charge in [-0.05, 0) is 31.7 Å². The number of rotatable bonds is 2. The summed E-state index contributed by atoms with van der Waals surface area (Å²) in [4.78, 5) is 4.32. The fourth-order valence-corrected chi connectivity index (χ4v) is 1.47. The van der Waals surface area contributed by atoms with Crippen molar-refractivity contribution in [3.63, 3.8) is 0 Å². The Morgan fingerprint density at radius 2 is 2.07 bits per heavy atom. The molecule has 0 amide bonds. The highest BCUT2D eigenvalue weighted by atomic mass is 15.1. The van der Waals surface area contributed by atoms with Crippen LogP contribution in [0.25, 0.3) is 11.0 Å². The van der Waals surface area contributed by atoms with Gasteiger partial charge in [-0.1, -0.05) is 19.9 Å². The minimum absolute atomic E-state index is 0.805. The fraction of sp³-hybridized carbons (Fsp3) is 0.417. The average molecular weight is 205 g/mol. The molecule has 0 aliphatic heterocycles. The quantitative estimate of drug-likeness (QED) is 0.816. The van der Waals surface area contributed by atoms with Crippen LogP contribution in [0.5, 0.6) is 0 Å². The summed E-state index contributed by atoms with van der Waals surface area (Å²) < 4.78 is 2.09. The number of hydrogen-bond acceptors (Lipinski definition) is 2. The van der Waals surface area contributed by atoms with E-state index in [9.17, 15) is 0 Å². The standard InChI is InChI=1S/C10H13N3.C2H6/c1-8-3-4-10-9(5-8)12-7-13(10)6-11-2;1-2/h3-5,7,11H,6H2,1-2H3;1-2H3. The number of aromatic nitrogens is 2. The van der Waals surface area contributed by atoms with Crippen molar-refractivity contribution in [1.29, 1.82) is 0 Å². The molecule has 1 aromatic carbocycles. The van der Waals surface area contributed by atoms with Crippen LogP contribution in [0.1, 0.15) is 19.4 Å². The van der Waals surface area contributed by atoms with E-state index in [0.29, 0.717) is 0 Å². The summed E-state index contributed by atoms with van der Waals surface area (Å²) in [5.74, 6) is 0. The summed E-state index contributed by atoms with van der Waals surface area (Å²) in [5.41, 5.74) is 3.50. The van der Waals surface area contributed by atoms with Crippen molar-refractivity contribution >= 4 is 11.0 Å². The first kappa shape index (κ1) is 11.7. The Balaban J connectivity index is 0.000000531. The molecule has 0 aliphatic carbocycles. The third-order valence-electron chi connectivity index (χ3n) is 2.11. The zero-order valence-electron chi connectivity index (χ0n) is 9.91. The van der Waals surface area contributed by atoms with E-state index in [4.69, 9.17) is 0 Å². The summed E-state index contributed by atoms with van der Waals surface area (Å²) in [6.45, 7) is 6.89. The smallest absolute Gasteiger partial charge is 0.0969 e. The van der Waals surface area contributed by atoms with Crippen molar-refractivity contribution < 1.29 is 0 Å². The van der Waals surface area contributed by atoms with Crippen LogP contribution < -0.4 is 5.32 Å². The number of aryl methyl sites for hydroxylation is 1. The second-order valence-corrected chi connectivity index (χ2v) is 3.22. The lowest BCUT2D eigenvalue weighted by Gasteiger charge is -2.01. The van der Waals surface area contributed by atoms with Gasteiger partial charge in [-0.2, -0.15) is 0 Å². The van der Waals surface area contributed by atoms with Gasteiger partial charge in [-0.25, -0.2) is 4.98 Å². The van der Waals surface area contributed by atoms with Gasteiger partial charge in [0.2, 0.25) is 0 Å². The van der Waals surface area contributed by atoms with Gasteiger partial charge in [0.15, 0.2) is 0 Å². The maximum Gasteiger partial charge on any atom is 0.0969 e. The molecule has 2 rings (SSSR count). The first-order valence-corrected chi connectivity index (χ1v) is 5.37. The zero-order valence-corrected chi connectivity index (χ0v) is 9.91. The van der Waals surface area contributed by atoms with E-state index in [1.807, 2.05) is 27.2 Å². The molecule has 0 saturated carbocycles. The van der Waals surface area contributed by atoms with Crippen LogP contribution in [-0.4, -0.2) is 16.6 Å². The van der Waals surface area contributed by atoms with Gasteiger partial charge in [0.1, 0.15) is 0 Å². The lowest BCUT2D eigenvalue weighted by Crippen LogP contribution is -2.11. The van der Waals surface area contributed by atoms with E-state index in [2.05, 4.69) is 40.0 Å². The molecule has 0 saturated heterocycles. The number of nitrogens with zero attached hydrogens (tertiary/aromatic N) is 2. The van der Waals surface area contributed by atoms with Crippen LogP contribution in [0.4, 0.5) is 0 Å². The van der Waals surface area contributed by atoms with Crippen LogP contribution in [0, 0.1) is 6.92 Å². The van der Waals surface area contributed by atoms with E-state index in [-0.39, 0.29) is 0 Å². The van der Waals surface area contributed by atoms with Crippen LogP contribution in [0.15, 0.2) is 24.5 Å². The predicted octanol–water partition coefficient (Wildman–Crippen LogP) is 2.55. The molecule has 82 valence electrons. The molecule has 1 heterocycles. The lowest BCUT2D eigenvalue weighted by atomic mass is 10.2. The number of benzene rings is 1. The van der Waals surface area contributed by atoms with E-state index in [0.717, 1.165) is 12.2 Å². The number of hydrogen-bond donors (Lipinski definition) is 1. The second-order valence-electron chi connectivity index (χ2n) is 3.22. The Kier molecular flexibility index (Phi) is 4.31. The molecule has 0 spiro atoms. The normalized spacial score (nSPS) is 9.87. The van der Waals surface area contributed by atoms with Crippen LogP contribution in [0.2, 0.25) is 0 Å². The van der Waals surface area contributed by atoms with Crippen LogP contribution in [0.3, 0.4) is 0 Å². The topological polar surface area (TPSA) is 29.9 Å². The highest BCUT2D eigenvalue weighted by Crippen LogP contribution is 2.13. The van der Waals surface area contributed by atoms with Crippen molar-refractivity contribution in [1.82, 2.24) is 14.9 Å². The molecule has 15 heavy (non-hydrogen) atoms. The largest absolute Gasteiger partial charge is 0.317 e. The predicted molar refractivity (Wildman–Crippen MR) is 64.9 cm³/mol. The van der Waals surface area contributed by atoms with E-state index < -0.39 is 0 Å². The third-order valence-corrected chi connectivity index (χ3v) is 2.11. The van der Waals surface area contributed by atoms with E-state index >= 15 is 0 Å². The molecule has 0 fully saturated rings. The summed E-state index contributed by atoms with van der Waals surface area (Å²) in [6.07, 6.45) is 1.86. The molecule has 1 aromatic heterocycles. The maximum absolute atomic E-state index is 4.32. The van der Waals surface area contributed by atoms with Crippen molar-refractivity contribution in [3.8, 4) is 0 Å². The van der Waals surface area contributed by atoms with Gasteiger partial charge in [-0.3, -0.25) is 0 Å². The minimum atomic E-state index is 0.805. The van der Waals surface area contributed by atoms with E-state index in [1.54, 1.807) is 0 Å². The van der Waals surface area contributed by atoms with Gasteiger partial charge in [0, 0.05) is 0 Å². The Morgan fingerprint density at radius 3 is 2.73 bits per heavy atom. The lowest BCUT2D eigenvalue weighted by molar-refractivity contribution is 0.633. The first-order chi connectivity index (χ1) is 7.31. The van der Waals surface area contributed by atoms with E-state index in [1.165, 1.54) is 11.1 Å². The molecule has 0 unspecified atom stereocenters. The summed E-state index contributed by atoms with van der Waals surface area (Å²) in [6, 6.07) is 6.31. The van der Waals surface area contributed by atoms with Crippen molar-refractivity contribution in [2.24, 2.45) is 0 Å². The van der Waals surface area contributed by atoms with Gasteiger partial charge in [-0.15, -0.1) is 0 Å². The Morgan fingerprint density at radius 1 is 1.33 bits per heavy atom. The summed E-state index contributed by atoms with van der Waals surface area (Å²) in [5, 5.41) is 3.10. The van der Waals surface area contributed by atoms with Crippen molar-refractivity contribution in [2.75, 3.05) is 7.05 Å². The van der Waals surface area contributed by atoms with Crippen molar-refractivity contribution in [2.45, 2.75) is 27.4 Å². The maximum atomic E-state index is 4.32. The number of imidazole rings is 1. The van der Waals surface area contributed by atoms with Gasteiger partial charge >= 0.3 is 0 Å². The van der Waals surface area contributed by atoms with Crippen molar-refractivity contribution in [3.05, 3.63) is 30.1 Å². The molecule has 0 radical (unpaired) electrons. The average Bonchev–Trinajstić information content (AvgIpc) is 2.64. The molecule has 2 aromatic rings. The van der Waals surface area contributed by atoms with Gasteiger partial charge < -0.3 is 9.88 Å². The molecule has 1 N–H and O–H groups in total. The molecule has 3 heteroatoms. The first-order valence-electron chi connectivity index (χ1n) is 5.37. The highest BCUT2D eigenvalue weighted by Gasteiger charge is 2.00. The zero-order chi connectivity index (χ0) is 11.3. The SMILES string of the molecule is CC.CNCn1cnc2cc(C)ccc21. The third kappa shape index (κ3) is 2.57. The summed E-state index contributed by atoms with van der Waals surface area (Å²) in [7, 11) is 1.93.